The maximum absolute atomic E-state index is 5.89. The lowest BCUT2D eigenvalue weighted by Gasteiger charge is -2.28. The zero-order chi connectivity index (χ0) is 24.9. The Hall–Kier alpha value is -3.64. The van der Waals surface area contributed by atoms with Crippen LogP contribution in [0, 0.1) is 13.8 Å². The fourth-order valence-corrected chi connectivity index (χ4v) is 5.49. The minimum Gasteiger partial charge on any atom is -0.385 e. The quantitative estimate of drug-likeness (QED) is 0.220. The average molecular weight is 496 g/mol. The van der Waals surface area contributed by atoms with Crippen molar-refractivity contribution in [2.45, 2.75) is 38.9 Å². The molecule has 4 aromatic rings. The van der Waals surface area contributed by atoms with Gasteiger partial charge in [0.25, 0.3) is 0 Å². The lowest BCUT2D eigenvalue weighted by atomic mass is 9.96. The van der Waals surface area contributed by atoms with Crippen molar-refractivity contribution in [1.82, 2.24) is 19.8 Å². The van der Waals surface area contributed by atoms with Crippen LogP contribution >= 0.6 is 12.2 Å². The van der Waals surface area contributed by atoms with E-state index in [2.05, 4.69) is 107 Å². The molecule has 0 bridgehead atoms. The first-order valence-electron chi connectivity index (χ1n) is 12.6. The van der Waals surface area contributed by atoms with Crippen molar-refractivity contribution >= 4 is 23.0 Å². The maximum atomic E-state index is 5.89. The summed E-state index contributed by atoms with van der Waals surface area (Å²) in [6.07, 6.45) is 2.84. The molecule has 3 heterocycles. The van der Waals surface area contributed by atoms with Crippen LogP contribution in [0.15, 0.2) is 91.1 Å². The van der Waals surface area contributed by atoms with E-state index in [4.69, 9.17) is 17.2 Å². The highest BCUT2D eigenvalue weighted by molar-refractivity contribution is 7.80. The molecule has 0 amide bonds. The number of anilines is 1. The topological polar surface area (TPSA) is 45.1 Å². The van der Waals surface area contributed by atoms with E-state index in [1.807, 2.05) is 18.3 Å². The molecule has 1 aliphatic rings. The van der Waals surface area contributed by atoms with Gasteiger partial charge in [0.2, 0.25) is 0 Å². The number of thiocarbonyl (C=S) groups is 1. The van der Waals surface area contributed by atoms with Gasteiger partial charge in [-0.15, -0.1) is 0 Å². The van der Waals surface area contributed by atoms with Crippen LogP contribution in [0.2, 0.25) is 0 Å². The summed E-state index contributed by atoms with van der Waals surface area (Å²) in [7, 11) is 0. The van der Waals surface area contributed by atoms with Crippen LogP contribution in [0.4, 0.5) is 5.69 Å². The third-order valence-corrected chi connectivity index (χ3v) is 7.34. The molecule has 36 heavy (non-hydrogen) atoms. The fourth-order valence-electron chi connectivity index (χ4n) is 5.16. The number of benzene rings is 2. The second-order valence-electron chi connectivity index (χ2n) is 9.36. The number of aromatic nitrogens is 2. The van der Waals surface area contributed by atoms with E-state index < -0.39 is 0 Å². The van der Waals surface area contributed by atoms with Gasteiger partial charge < -0.3 is 20.1 Å². The van der Waals surface area contributed by atoms with Crippen molar-refractivity contribution in [1.29, 1.82) is 0 Å². The van der Waals surface area contributed by atoms with E-state index in [-0.39, 0.29) is 12.1 Å². The first kappa shape index (κ1) is 24.1. The Morgan fingerprint density at radius 3 is 2.39 bits per heavy atom. The highest BCUT2D eigenvalue weighted by Gasteiger charge is 2.41. The van der Waals surface area contributed by atoms with Crippen LogP contribution in [-0.4, -0.2) is 32.7 Å². The summed E-state index contributed by atoms with van der Waals surface area (Å²) in [5.41, 5.74) is 7.31. The standard InChI is InChI=1S/C30H33N5S/c1-22-20-26(23(2)35(22)21-24-12-5-3-6-13-24)29-28(27-16-9-10-17-32-27)33-30(36)34(29)19-11-18-31-25-14-7-4-8-15-25/h3-10,12-17,20,28-29,31H,11,18-19,21H2,1-2H3,(H,33,36)/t28-,29+/m1/s1. The number of nitrogens with zero attached hydrogens (tertiary/aromatic N) is 3. The molecule has 0 aliphatic carbocycles. The largest absolute Gasteiger partial charge is 0.385 e. The summed E-state index contributed by atoms with van der Waals surface area (Å²) in [6, 6.07) is 29.5. The number of rotatable bonds is 9. The van der Waals surface area contributed by atoms with Gasteiger partial charge in [-0.1, -0.05) is 54.6 Å². The van der Waals surface area contributed by atoms with Crippen LogP contribution in [0.1, 0.15) is 46.7 Å². The second kappa shape index (κ2) is 11.0. The molecule has 2 atom stereocenters. The van der Waals surface area contributed by atoms with E-state index in [1.54, 1.807) is 0 Å². The maximum Gasteiger partial charge on any atom is 0.170 e. The third kappa shape index (κ3) is 5.14. The monoisotopic (exact) mass is 495 g/mol. The lowest BCUT2D eigenvalue weighted by Crippen LogP contribution is -2.31. The van der Waals surface area contributed by atoms with Crippen molar-refractivity contribution in [2.75, 3.05) is 18.4 Å². The highest BCUT2D eigenvalue weighted by atomic mass is 32.1. The Bertz CT molecular complexity index is 1290. The summed E-state index contributed by atoms with van der Waals surface area (Å²) in [6.45, 7) is 7.04. The third-order valence-electron chi connectivity index (χ3n) is 6.99. The van der Waals surface area contributed by atoms with Crippen LogP contribution < -0.4 is 10.6 Å². The molecular weight excluding hydrogens is 462 g/mol. The normalized spacial score (nSPS) is 17.3. The highest BCUT2D eigenvalue weighted by Crippen LogP contribution is 2.41. The van der Waals surface area contributed by atoms with Crippen molar-refractivity contribution in [3.63, 3.8) is 0 Å². The molecule has 184 valence electrons. The molecule has 0 radical (unpaired) electrons. The second-order valence-corrected chi connectivity index (χ2v) is 9.75. The van der Waals surface area contributed by atoms with Gasteiger partial charge >= 0.3 is 0 Å². The number of hydrogen-bond donors (Lipinski definition) is 2. The van der Waals surface area contributed by atoms with E-state index in [1.165, 1.54) is 22.5 Å². The number of aryl methyl sites for hydroxylation is 1. The SMILES string of the molecule is Cc1cc([C@H]2[C@@H](c3ccccn3)NC(=S)N2CCCNc2ccccc2)c(C)n1Cc1ccccc1. The molecule has 6 heteroatoms. The van der Waals surface area contributed by atoms with E-state index in [0.717, 1.165) is 42.5 Å². The van der Waals surface area contributed by atoms with Gasteiger partial charge in [-0.3, -0.25) is 4.98 Å². The molecule has 1 fully saturated rings. The summed E-state index contributed by atoms with van der Waals surface area (Å²) >= 11 is 5.89. The number of nitrogens with one attached hydrogen (secondary N) is 2. The van der Waals surface area contributed by atoms with Crippen molar-refractivity contribution in [2.24, 2.45) is 0 Å². The van der Waals surface area contributed by atoms with Gasteiger partial charge in [-0.2, -0.15) is 0 Å². The molecule has 0 unspecified atom stereocenters. The Morgan fingerprint density at radius 2 is 1.67 bits per heavy atom. The minimum atomic E-state index is 0.00598. The molecule has 0 spiro atoms. The summed E-state index contributed by atoms with van der Waals surface area (Å²) < 4.78 is 2.41. The van der Waals surface area contributed by atoms with Gasteiger partial charge in [-0.25, -0.2) is 0 Å². The molecule has 0 saturated carbocycles. The zero-order valence-corrected chi connectivity index (χ0v) is 21.7. The minimum absolute atomic E-state index is 0.00598. The van der Waals surface area contributed by atoms with E-state index >= 15 is 0 Å². The van der Waals surface area contributed by atoms with Crippen LogP contribution in [0.3, 0.4) is 0 Å². The molecule has 5 nitrogen and oxygen atoms in total. The van der Waals surface area contributed by atoms with Crippen LogP contribution in [0.25, 0.3) is 0 Å². The first-order valence-corrected chi connectivity index (χ1v) is 13.0. The molecule has 1 aliphatic heterocycles. The van der Waals surface area contributed by atoms with Gasteiger partial charge in [0.05, 0.1) is 17.8 Å². The average Bonchev–Trinajstić information content (AvgIpc) is 3.38. The van der Waals surface area contributed by atoms with Crippen LogP contribution in [0.5, 0.6) is 0 Å². The molecule has 2 aromatic carbocycles. The smallest absolute Gasteiger partial charge is 0.170 e. The number of hydrogen-bond acceptors (Lipinski definition) is 3. The Balaban J connectivity index is 1.41. The van der Waals surface area contributed by atoms with Crippen molar-refractivity contribution < 1.29 is 0 Å². The lowest BCUT2D eigenvalue weighted by molar-refractivity contribution is 0.315. The Labute approximate surface area is 219 Å². The summed E-state index contributed by atoms with van der Waals surface area (Å²) in [4.78, 5) is 7.06. The Morgan fingerprint density at radius 1 is 0.944 bits per heavy atom. The van der Waals surface area contributed by atoms with Gasteiger partial charge in [0.1, 0.15) is 0 Å². The van der Waals surface area contributed by atoms with Crippen molar-refractivity contribution in [3.8, 4) is 0 Å². The molecule has 1 saturated heterocycles. The molecule has 2 N–H and O–H groups in total. The molecule has 5 rings (SSSR count). The zero-order valence-electron chi connectivity index (χ0n) is 20.9. The number of para-hydroxylation sites is 1. The Kier molecular flexibility index (Phi) is 7.33. The summed E-state index contributed by atoms with van der Waals surface area (Å²) in [5, 5.41) is 7.92. The predicted molar refractivity (Wildman–Crippen MR) is 151 cm³/mol. The first-order chi connectivity index (χ1) is 17.6. The predicted octanol–water partition coefficient (Wildman–Crippen LogP) is 6.02. The fraction of sp³-hybridized carbons (Fsp3) is 0.267. The van der Waals surface area contributed by atoms with E-state index in [9.17, 15) is 0 Å². The van der Waals surface area contributed by atoms with Gasteiger partial charge in [-0.05, 0) is 73.9 Å². The van der Waals surface area contributed by atoms with Crippen LogP contribution in [-0.2, 0) is 6.54 Å². The van der Waals surface area contributed by atoms with Gasteiger partial charge in [0, 0.05) is 42.9 Å². The molecular formula is C30H33N5S. The number of pyridine rings is 1. The van der Waals surface area contributed by atoms with Gasteiger partial charge in [0.15, 0.2) is 5.11 Å². The summed E-state index contributed by atoms with van der Waals surface area (Å²) in [5.74, 6) is 0. The van der Waals surface area contributed by atoms with E-state index in [0.29, 0.717) is 0 Å². The molecule has 2 aromatic heterocycles. The van der Waals surface area contributed by atoms with Crippen molar-refractivity contribution in [3.05, 3.63) is 119 Å².